The first-order valence-electron chi connectivity index (χ1n) is 11.2. The van der Waals surface area contributed by atoms with Crippen molar-refractivity contribution in [3.63, 3.8) is 0 Å². The third kappa shape index (κ3) is 2.94. The van der Waals surface area contributed by atoms with Gasteiger partial charge in [0.25, 0.3) is 10.1 Å². The van der Waals surface area contributed by atoms with Crippen LogP contribution < -0.4 is 9.47 Å². The van der Waals surface area contributed by atoms with E-state index in [0.717, 1.165) is 38.5 Å². The topological polar surface area (TPSA) is 146 Å². The zero-order chi connectivity index (χ0) is 23.3. The standard InChI is InChI=1S/C22H24O10S/c1-21-13(18(23)29-2-3-33(26,27)28)14-15(16(17(21)30-14)32-19(21)24)31-20(25)22-7-10-4-11(8-22)6-12(5-10)9-22/h10-13H,2-9H2,1H3,(H,26,27,28)/t10?,11?,12?,13-,21?,22?/m0/s1. The fraction of sp³-hybridized carbons (Fsp3) is 0.682. The lowest BCUT2D eigenvalue weighted by atomic mass is 9.49. The Labute approximate surface area is 189 Å². The van der Waals surface area contributed by atoms with Gasteiger partial charge in [0.2, 0.25) is 11.5 Å². The molecule has 1 aromatic rings. The number of carbonyl (C=O) groups excluding carboxylic acids is 3. The number of hydrogen-bond donors (Lipinski definition) is 1. The van der Waals surface area contributed by atoms with Gasteiger partial charge in [0.1, 0.15) is 23.7 Å². The van der Waals surface area contributed by atoms with Crippen molar-refractivity contribution < 1.29 is 46.0 Å². The molecule has 6 bridgehead atoms. The number of rotatable bonds is 6. The molecule has 6 aliphatic rings. The summed E-state index contributed by atoms with van der Waals surface area (Å²) in [4.78, 5) is 38.9. The van der Waals surface area contributed by atoms with Crippen molar-refractivity contribution in [3.05, 3.63) is 11.5 Å². The molecule has 10 nitrogen and oxygen atoms in total. The van der Waals surface area contributed by atoms with Crippen LogP contribution in [0.3, 0.4) is 0 Å². The molecule has 1 aromatic heterocycles. The molecule has 0 radical (unpaired) electrons. The van der Waals surface area contributed by atoms with Gasteiger partial charge in [-0.2, -0.15) is 8.42 Å². The summed E-state index contributed by atoms with van der Waals surface area (Å²) in [5, 5.41) is 0. The Morgan fingerprint density at radius 1 is 1.12 bits per heavy atom. The van der Waals surface area contributed by atoms with E-state index in [0.29, 0.717) is 17.8 Å². The van der Waals surface area contributed by atoms with E-state index in [1.165, 1.54) is 6.92 Å². The van der Waals surface area contributed by atoms with Crippen LogP contribution in [0.2, 0.25) is 0 Å². The smallest absolute Gasteiger partial charge is 0.326 e. The summed E-state index contributed by atoms with van der Waals surface area (Å²) < 4.78 is 52.6. The van der Waals surface area contributed by atoms with E-state index >= 15 is 0 Å². The fourth-order valence-corrected chi connectivity index (χ4v) is 7.47. The molecule has 178 valence electrons. The second-order valence-corrected chi connectivity index (χ2v) is 12.1. The number of ether oxygens (including phenoxy) is 3. The fourth-order valence-electron chi connectivity index (χ4n) is 7.18. The van der Waals surface area contributed by atoms with E-state index in [4.69, 9.17) is 23.2 Å². The van der Waals surface area contributed by atoms with E-state index < -0.39 is 51.2 Å². The van der Waals surface area contributed by atoms with Crippen LogP contribution in [0, 0.1) is 23.2 Å². The molecule has 3 heterocycles. The number of hydrogen-bond acceptors (Lipinski definition) is 9. The van der Waals surface area contributed by atoms with Gasteiger partial charge in [0.05, 0.1) is 5.41 Å². The maximum Gasteiger partial charge on any atom is 0.326 e. The van der Waals surface area contributed by atoms with Crippen molar-refractivity contribution in [3.8, 4) is 11.5 Å². The quantitative estimate of drug-likeness (QED) is 0.474. The first-order chi connectivity index (χ1) is 15.5. The molecule has 0 spiro atoms. The molecule has 1 unspecified atom stereocenters. The average Bonchev–Trinajstić information content (AvgIpc) is 3.25. The normalized spacial score (nSPS) is 37.3. The van der Waals surface area contributed by atoms with Crippen LogP contribution in [0.4, 0.5) is 0 Å². The van der Waals surface area contributed by atoms with Crippen LogP contribution >= 0.6 is 0 Å². The Hall–Kier alpha value is -2.40. The Bertz CT molecular complexity index is 1160. The Morgan fingerprint density at radius 3 is 2.30 bits per heavy atom. The van der Waals surface area contributed by atoms with Crippen molar-refractivity contribution in [1.29, 1.82) is 0 Å². The van der Waals surface area contributed by atoms with Gasteiger partial charge in [0, 0.05) is 0 Å². The van der Waals surface area contributed by atoms with E-state index in [2.05, 4.69) is 0 Å². The minimum atomic E-state index is -4.33. The highest BCUT2D eigenvalue weighted by molar-refractivity contribution is 7.85. The molecule has 2 atom stereocenters. The van der Waals surface area contributed by atoms with Gasteiger partial charge in [0.15, 0.2) is 11.5 Å². The number of furan rings is 1. The third-order valence-corrected chi connectivity index (χ3v) is 8.95. The molecule has 33 heavy (non-hydrogen) atoms. The van der Waals surface area contributed by atoms with E-state index in [9.17, 15) is 22.8 Å². The monoisotopic (exact) mass is 480 g/mol. The van der Waals surface area contributed by atoms with Gasteiger partial charge in [-0.05, 0) is 63.2 Å². The van der Waals surface area contributed by atoms with E-state index in [-0.39, 0.29) is 29.0 Å². The summed E-state index contributed by atoms with van der Waals surface area (Å²) in [6, 6.07) is 0. The second-order valence-electron chi connectivity index (χ2n) is 10.5. The first kappa shape index (κ1) is 21.2. The van der Waals surface area contributed by atoms with Crippen molar-refractivity contribution >= 4 is 28.0 Å². The van der Waals surface area contributed by atoms with Gasteiger partial charge in [-0.3, -0.25) is 18.9 Å². The SMILES string of the molecule is CC12C(=O)Oc3c1oc(c3OC(=O)C13CC4CC(CC(C4)C1)C3)[C@H]2C(=O)OCCS(=O)(=O)O. The van der Waals surface area contributed by atoms with Crippen LogP contribution in [0.5, 0.6) is 11.5 Å². The van der Waals surface area contributed by atoms with Crippen LogP contribution in [-0.2, 0) is 34.7 Å². The van der Waals surface area contributed by atoms with Crippen molar-refractivity contribution in [2.45, 2.75) is 56.8 Å². The van der Waals surface area contributed by atoms with E-state index in [1.807, 2.05) is 0 Å². The third-order valence-electron chi connectivity index (χ3n) is 8.27. The summed E-state index contributed by atoms with van der Waals surface area (Å²) in [5.74, 6) is -2.47. The van der Waals surface area contributed by atoms with Gasteiger partial charge in [-0.1, -0.05) is 0 Å². The maximum atomic E-state index is 13.4. The number of esters is 3. The zero-order valence-electron chi connectivity index (χ0n) is 18.0. The first-order valence-corrected chi connectivity index (χ1v) is 12.8. The minimum Gasteiger partial charge on any atom is -0.464 e. The Kier molecular flexibility index (Phi) is 4.23. The summed E-state index contributed by atoms with van der Waals surface area (Å²) in [7, 11) is -4.33. The van der Waals surface area contributed by atoms with Crippen molar-refractivity contribution in [2.75, 3.05) is 12.4 Å². The van der Waals surface area contributed by atoms with E-state index in [1.54, 1.807) is 0 Å². The minimum absolute atomic E-state index is 0.0247. The molecule has 7 rings (SSSR count). The zero-order valence-corrected chi connectivity index (χ0v) is 18.8. The molecule has 4 saturated carbocycles. The summed E-state index contributed by atoms with van der Waals surface area (Å²) >= 11 is 0. The lowest BCUT2D eigenvalue weighted by molar-refractivity contribution is -0.162. The molecule has 0 saturated heterocycles. The highest BCUT2D eigenvalue weighted by Crippen LogP contribution is 2.65. The molecular weight excluding hydrogens is 456 g/mol. The molecule has 0 amide bonds. The summed E-state index contributed by atoms with van der Waals surface area (Å²) in [6.45, 7) is 0.873. The highest BCUT2D eigenvalue weighted by Gasteiger charge is 2.67. The average molecular weight is 480 g/mol. The molecule has 0 aromatic carbocycles. The van der Waals surface area contributed by atoms with Crippen molar-refractivity contribution in [2.24, 2.45) is 23.2 Å². The summed E-state index contributed by atoms with van der Waals surface area (Å²) in [6.07, 6.45) is 5.83. The van der Waals surface area contributed by atoms with Crippen LogP contribution in [-0.4, -0.2) is 43.2 Å². The van der Waals surface area contributed by atoms with Crippen LogP contribution in [0.1, 0.15) is 62.9 Å². The van der Waals surface area contributed by atoms with Gasteiger partial charge in [-0.25, -0.2) is 0 Å². The number of fused-ring (bicyclic) bond motifs is 1. The van der Waals surface area contributed by atoms with Gasteiger partial charge < -0.3 is 18.6 Å². The van der Waals surface area contributed by atoms with Gasteiger partial charge in [-0.15, -0.1) is 0 Å². The molecule has 11 heteroatoms. The molecule has 1 N–H and O–H groups in total. The molecule has 2 aliphatic heterocycles. The molecule has 4 fully saturated rings. The largest absolute Gasteiger partial charge is 0.464 e. The second kappa shape index (κ2) is 6.59. The predicted molar refractivity (Wildman–Crippen MR) is 108 cm³/mol. The maximum absolute atomic E-state index is 13.4. The molecule has 4 aliphatic carbocycles. The van der Waals surface area contributed by atoms with Crippen LogP contribution in [0.25, 0.3) is 0 Å². The predicted octanol–water partition coefficient (Wildman–Crippen LogP) is 2.11. The van der Waals surface area contributed by atoms with Crippen molar-refractivity contribution in [1.82, 2.24) is 0 Å². The summed E-state index contributed by atoms with van der Waals surface area (Å²) in [5.41, 5.74) is -2.04. The Morgan fingerprint density at radius 2 is 1.73 bits per heavy atom. The molecular formula is C22H24O10S. The van der Waals surface area contributed by atoms with Gasteiger partial charge >= 0.3 is 17.9 Å². The lowest BCUT2D eigenvalue weighted by Gasteiger charge is -2.55. The Balaban J connectivity index is 1.28. The number of carbonyl (C=O) groups is 3. The highest BCUT2D eigenvalue weighted by atomic mass is 32.2. The lowest BCUT2D eigenvalue weighted by Crippen LogP contribution is -2.51. The van der Waals surface area contributed by atoms with Crippen LogP contribution in [0.15, 0.2) is 4.42 Å².